The monoisotopic (exact) mass is 224 g/mol. The maximum Gasteiger partial charge on any atom is 0.0911 e. The van der Waals surface area contributed by atoms with E-state index >= 15 is 0 Å². The molecular weight excluding hydrogens is 216 g/mol. The van der Waals surface area contributed by atoms with Crippen LogP contribution in [0, 0.1) is 10.8 Å². The highest BCUT2D eigenvalue weighted by Gasteiger charge is 2.08. The maximum absolute atomic E-state index is 7.64. The number of hydrogen-bond acceptors (Lipinski definition) is 2. The van der Waals surface area contributed by atoms with Crippen molar-refractivity contribution in [2.75, 3.05) is 0 Å². The highest BCUT2D eigenvalue weighted by molar-refractivity contribution is 9.10. The molecule has 1 aromatic rings. The molecule has 1 atom stereocenters. The molecule has 0 saturated carbocycles. The van der Waals surface area contributed by atoms with Crippen LogP contribution >= 0.6 is 15.9 Å². The van der Waals surface area contributed by atoms with Crippen LogP contribution in [0.25, 0.3) is 0 Å². The molecule has 1 aromatic carbocycles. The molecule has 0 radical (unpaired) electrons. The van der Waals surface area contributed by atoms with Crippen LogP contribution in [0.4, 0.5) is 0 Å². The van der Waals surface area contributed by atoms with Crippen molar-refractivity contribution in [1.82, 2.24) is 0 Å². The Kier molecular flexibility index (Phi) is 3.17. The third-order valence-corrected chi connectivity index (χ3v) is 2.23. The number of benzene rings is 1. The molecule has 2 nitrogen and oxygen atoms in total. The van der Waals surface area contributed by atoms with Crippen LogP contribution in [0.3, 0.4) is 0 Å². The Balaban J connectivity index is 2.85. The van der Waals surface area contributed by atoms with Gasteiger partial charge in [-0.3, -0.25) is 0 Å². The number of rotatable bonds is 3. The van der Waals surface area contributed by atoms with Gasteiger partial charge in [0.05, 0.1) is 10.5 Å². The first-order valence-corrected chi connectivity index (χ1v) is 4.46. The lowest BCUT2D eigenvalue weighted by Gasteiger charge is -2.04. The third kappa shape index (κ3) is 2.01. The molecule has 0 aliphatic heterocycles. The normalized spacial score (nSPS) is 12.1. The fraction of sp³-hybridized carbons (Fsp3) is 0.111. The molecule has 0 fully saturated rings. The summed E-state index contributed by atoms with van der Waals surface area (Å²) in [5.41, 5.74) is 1.27. The van der Waals surface area contributed by atoms with Gasteiger partial charge in [-0.05, 0) is 5.56 Å². The van der Waals surface area contributed by atoms with E-state index in [1.807, 2.05) is 30.3 Å². The van der Waals surface area contributed by atoms with E-state index in [1.165, 1.54) is 6.21 Å². The van der Waals surface area contributed by atoms with Crippen molar-refractivity contribution in [3.05, 3.63) is 35.9 Å². The Labute approximate surface area is 79.8 Å². The lowest BCUT2D eigenvalue weighted by Crippen LogP contribution is -2.14. The summed E-state index contributed by atoms with van der Waals surface area (Å²) in [6.45, 7) is 0. The summed E-state index contributed by atoms with van der Waals surface area (Å²) in [6, 6.07) is 9.39. The number of alkyl halides is 1. The van der Waals surface area contributed by atoms with E-state index in [1.54, 1.807) is 0 Å². The van der Waals surface area contributed by atoms with Crippen molar-refractivity contribution in [3.63, 3.8) is 0 Å². The minimum absolute atomic E-state index is 0.278. The highest BCUT2D eigenvalue weighted by Crippen LogP contribution is 2.07. The second kappa shape index (κ2) is 4.16. The molecule has 0 bridgehead atoms. The zero-order valence-corrected chi connectivity index (χ0v) is 8.01. The summed E-state index contributed by atoms with van der Waals surface area (Å²) in [4.78, 5) is -0.278. The van der Waals surface area contributed by atoms with Crippen LogP contribution in [0.2, 0.25) is 0 Å². The molecule has 1 rings (SSSR count). The highest BCUT2D eigenvalue weighted by atomic mass is 79.9. The van der Waals surface area contributed by atoms with Gasteiger partial charge in [-0.2, -0.15) is 0 Å². The van der Waals surface area contributed by atoms with Gasteiger partial charge in [0.1, 0.15) is 0 Å². The summed E-state index contributed by atoms with van der Waals surface area (Å²) in [6.07, 6.45) is 1.20. The van der Waals surface area contributed by atoms with E-state index in [9.17, 15) is 0 Å². The second-order valence-electron chi connectivity index (χ2n) is 2.35. The Morgan fingerprint density at radius 2 is 1.92 bits per heavy atom. The number of halogens is 1. The van der Waals surface area contributed by atoms with Crippen molar-refractivity contribution in [1.29, 1.82) is 10.8 Å². The van der Waals surface area contributed by atoms with Gasteiger partial charge >= 0.3 is 0 Å². The first-order valence-electron chi connectivity index (χ1n) is 3.54. The summed E-state index contributed by atoms with van der Waals surface area (Å²) >= 11 is 3.21. The first-order chi connectivity index (χ1) is 5.75. The third-order valence-electron chi connectivity index (χ3n) is 1.51. The van der Waals surface area contributed by atoms with E-state index < -0.39 is 0 Å². The van der Waals surface area contributed by atoms with E-state index in [0.717, 1.165) is 5.56 Å². The van der Waals surface area contributed by atoms with Crippen LogP contribution < -0.4 is 0 Å². The van der Waals surface area contributed by atoms with E-state index in [-0.39, 0.29) is 4.83 Å². The maximum atomic E-state index is 7.64. The van der Waals surface area contributed by atoms with Crippen molar-refractivity contribution in [2.24, 2.45) is 0 Å². The lowest BCUT2D eigenvalue weighted by atomic mass is 10.1. The fourth-order valence-electron chi connectivity index (χ4n) is 0.860. The molecule has 62 valence electrons. The van der Waals surface area contributed by atoms with Crippen molar-refractivity contribution < 1.29 is 0 Å². The van der Waals surface area contributed by atoms with Gasteiger partial charge in [-0.25, -0.2) is 0 Å². The molecule has 0 amide bonds. The van der Waals surface area contributed by atoms with Gasteiger partial charge in [0, 0.05) is 6.21 Å². The number of hydrogen-bond donors (Lipinski definition) is 2. The minimum Gasteiger partial charge on any atom is -0.312 e. The van der Waals surface area contributed by atoms with Gasteiger partial charge in [-0.15, -0.1) is 0 Å². The summed E-state index contributed by atoms with van der Waals surface area (Å²) in [5, 5.41) is 14.6. The summed E-state index contributed by atoms with van der Waals surface area (Å²) < 4.78 is 0. The molecular formula is C9H9BrN2. The van der Waals surface area contributed by atoms with E-state index in [2.05, 4.69) is 15.9 Å². The zero-order chi connectivity index (χ0) is 8.97. The standard InChI is InChI=1S/C9H9BrN2/c10-8(6-11)9(12)7-4-2-1-3-5-7/h1-6,8,11-12H. The Hall–Kier alpha value is -0.960. The van der Waals surface area contributed by atoms with Crippen molar-refractivity contribution in [2.45, 2.75) is 4.83 Å². The average Bonchev–Trinajstić information content (AvgIpc) is 2.17. The Morgan fingerprint density at radius 1 is 1.33 bits per heavy atom. The minimum atomic E-state index is -0.278. The SMILES string of the molecule is N=CC(Br)C(=N)c1ccccc1. The summed E-state index contributed by atoms with van der Waals surface area (Å²) in [7, 11) is 0. The summed E-state index contributed by atoms with van der Waals surface area (Å²) in [5.74, 6) is 0. The first kappa shape index (κ1) is 9.13. The molecule has 0 aliphatic carbocycles. The smallest absolute Gasteiger partial charge is 0.0911 e. The molecule has 3 heteroatoms. The topological polar surface area (TPSA) is 47.7 Å². The molecule has 0 aromatic heterocycles. The molecule has 1 unspecified atom stereocenters. The van der Waals surface area contributed by atoms with Crippen LogP contribution in [0.5, 0.6) is 0 Å². The Bertz CT molecular complexity index is 282. The largest absolute Gasteiger partial charge is 0.312 e. The molecule has 12 heavy (non-hydrogen) atoms. The zero-order valence-electron chi connectivity index (χ0n) is 6.42. The quantitative estimate of drug-likeness (QED) is 0.586. The van der Waals surface area contributed by atoms with Crippen molar-refractivity contribution in [3.8, 4) is 0 Å². The number of nitrogens with one attached hydrogen (secondary N) is 2. The van der Waals surface area contributed by atoms with Crippen LogP contribution in [0.15, 0.2) is 30.3 Å². The van der Waals surface area contributed by atoms with Gasteiger partial charge in [0.15, 0.2) is 0 Å². The molecule has 2 N–H and O–H groups in total. The predicted octanol–water partition coefficient (Wildman–Crippen LogP) is 2.47. The molecule has 0 spiro atoms. The van der Waals surface area contributed by atoms with Crippen LogP contribution in [-0.4, -0.2) is 16.8 Å². The van der Waals surface area contributed by atoms with Crippen LogP contribution in [-0.2, 0) is 0 Å². The van der Waals surface area contributed by atoms with Gasteiger partial charge in [-0.1, -0.05) is 46.3 Å². The predicted molar refractivity (Wildman–Crippen MR) is 54.8 cm³/mol. The Morgan fingerprint density at radius 3 is 2.42 bits per heavy atom. The van der Waals surface area contributed by atoms with Crippen LogP contribution in [0.1, 0.15) is 5.56 Å². The van der Waals surface area contributed by atoms with Crippen molar-refractivity contribution >= 4 is 27.9 Å². The van der Waals surface area contributed by atoms with Gasteiger partial charge in [0.2, 0.25) is 0 Å². The lowest BCUT2D eigenvalue weighted by molar-refractivity contribution is 1.40. The van der Waals surface area contributed by atoms with E-state index in [0.29, 0.717) is 5.71 Å². The fourth-order valence-corrected chi connectivity index (χ4v) is 1.12. The molecule has 0 aliphatic rings. The van der Waals surface area contributed by atoms with Gasteiger partial charge in [0.25, 0.3) is 0 Å². The van der Waals surface area contributed by atoms with E-state index in [4.69, 9.17) is 10.8 Å². The molecule has 0 heterocycles. The second-order valence-corrected chi connectivity index (χ2v) is 3.33. The molecule has 0 saturated heterocycles. The van der Waals surface area contributed by atoms with Gasteiger partial charge < -0.3 is 10.8 Å². The average molecular weight is 225 g/mol.